The first-order valence-corrected chi connectivity index (χ1v) is 9.16. The van der Waals surface area contributed by atoms with Crippen LogP contribution in [0.3, 0.4) is 0 Å². The summed E-state index contributed by atoms with van der Waals surface area (Å²) in [5.74, 6) is 0. The molecule has 8 heteroatoms. The third-order valence-corrected chi connectivity index (χ3v) is 4.63. The van der Waals surface area contributed by atoms with Crippen LogP contribution in [0.15, 0.2) is 0 Å². The second-order valence-corrected chi connectivity index (χ2v) is 6.11. The molecule has 4 N–H and O–H groups in total. The van der Waals surface area contributed by atoms with Crippen LogP contribution >= 0.6 is 0 Å². The highest BCUT2D eigenvalue weighted by Gasteiger charge is 2.40. The van der Waals surface area contributed by atoms with Gasteiger partial charge in [-0.15, -0.1) is 0 Å². The largest absolute Gasteiger partial charge is 0.484 e. The predicted molar refractivity (Wildman–Crippen MR) is 84.2 cm³/mol. The van der Waals surface area contributed by atoms with Crippen molar-refractivity contribution in [3.63, 3.8) is 0 Å². The maximum absolute atomic E-state index is 8.54. The molecule has 0 saturated heterocycles. The molecular formula is C13H32N2O5Si. The summed E-state index contributed by atoms with van der Waals surface area (Å²) < 4.78 is 15.7. The zero-order valence-corrected chi connectivity index (χ0v) is 14.7. The van der Waals surface area contributed by atoms with Crippen LogP contribution in [0.1, 0.15) is 33.6 Å². The van der Waals surface area contributed by atoms with Gasteiger partial charge >= 0.3 is 9.53 Å². The van der Waals surface area contributed by atoms with Gasteiger partial charge in [-0.1, -0.05) is 0 Å². The highest BCUT2D eigenvalue weighted by molar-refractivity contribution is 6.36. The lowest BCUT2D eigenvalue weighted by molar-refractivity contribution is 0.107. The Kier molecular flexibility index (Phi) is 13.5. The Labute approximate surface area is 129 Å². The molecule has 1 aliphatic carbocycles. The molecule has 1 fully saturated rings. The molecule has 0 bridgehead atoms. The van der Waals surface area contributed by atoms with Crippen LogP contribution in [0.2, 0.25) is 0 Å². The maximum atomic E-state index is 8.54. The Morgan fingerprint density at radius 2 is 1.24 bits per heavy atom. The quantitative estimate of drug-likeness (QED) is 0.283. The summed E-state index contributed by atoms with van der Waals surface area (Å²) >= 11 is 0. The fourth-order valence-corrected chi connectivity index (χ4v) is 2.79. The monoisotopic (exact) mass is 324 g/mol. The zero-order chi connectivity index (χ0) is 16.0. The van der Waals surface area contributed by atoms with E-state index in [1.807, 2.05) is 20.8 Å². The zero-order valence-electron chi connectivity index (χ0n) is 13.6. The van der Waals surface area contributed by atoms with Crippen LogP contribution in [-0.2, 0) is 13.3 Å². The van der Waals surface area contributed by atoms with E-state index in [1.165, 1.54) is 0 Å². The predicted octanol–water partition coefficient (Wildman–Crippen LogP) is -0.547. The standard InChI is InChI=1S/C7H16N2O2.C6H16O3Si/c10-5-3-8-7(1-2-7)9-4-6-11;1-4-7-10(8-5-2)9-6-3/h8-11H,1-6H2;10H,4-6H2,1-3H3. The molecule has 0 heterocycles. The molecular weight excluding hydrogens is 292 g/mol. The molecule has 0 spiro atoms. The van der Waals surface area contributed by atoms with Crippen molar-refractivity contribution in [1.29, 1.82) is 0 Å². The van der Waals surface area contributed by atoms with Gasteiger partial charge in [-0.25, -0.2) is 0 Å². The van der Waals surface area contributed by atoms with Gasteiger partial charge in [0.15, 0.2) is 0 Å². The lowest BCUT2D eigenvalue weighted by Gasteiger charge is -2.17. The highest BCUT2D eigenvalue weighted by atomic mass is 28.3. The third-order valence-electron chi connectivity index (χ3n) is 2.81. The molecule has 21 heavy (non-hydrogen) atoms. The number of hydrogen-bond acceptors (Lipinski definition) is 7. The van der Waals surface area contributed by atoms with Crippen molar-refractivity contribution in [1.82, 2.24) is 10.6 Å². The molecule has 7 nitrogen and oxygen atoms in total. The average molecular weight is 324 g/mol. The first-order valence-electron chi connectivity index (χ1n) is 7.74. The Morgan fingerprint density at radius 3 is 1.48 bits per heavy atom. The number of aliphatic hydroxyl groups is 2. The number of hydrogen-bond donors (Lipinski definition) is 4. The molecule has 0 aromatic heterocycles. The van der Waals surface area contributed by atoms with E-state index in [9.17, 15) is 0 Å². The topological polar surface area (TPSA) is 92.2 Å². The van der Waals surface area contributed by atoms with Crippen molar-refractivity contribution in [3.05, 3.63) is 0 Å². The van der Waals surface area contributed by atoms with Crippen LogP contribution in [0.5, 0.6) is 0 Å². The van der Waals surface area contributed by atoms with Crippen LogP contribution < -0.4 is 10.6 Å². The molecule has 0 atom stereocenters. The van der Waals surface area contributed by atoms with Gasteiger partial charge in [-0.05, 0) is 33.6 Å². The first kappa shape index (κ1) is 20.9. The summed E-state index contributed by atoms with van der Waals surface area (Å²) in [5.41, 5.74) is 0.0332. The van der Waals surface area contributed by atoms with Gasteiger partial charge in [-0.2, -0.15) is 0 Å². The number of aliphatic hydroxyl groups excluding tert-OH is 2. The first-order chi connectivity index (χ1) is 10.2. The van der Waals surface area contributed by atoms with Gasteiger partial charge < -0.3 is 23.5 Å². The lowest BCUT2D eigenvalue weighted by Crippen LogP contribution is -2.47. The summed E-state index contributed by atoms with van der Waals surface area (Å²) in [6, 6.07) is 0. The summed E-state index contributed by atoms with van der Waals surface area (Å²) in [7, 11) is -1.73. The van der Waals surface area contributed by atoms with E-state index < -0.39 is 9.53 Å². The van der Waals surface area contributed by atoms with Crippen molar-refractivity contribution in [3.8, 4) is 0 Å². The summed E-state index contributed by atoms with van der Waals surface area (Å²) in [6.45, 7) is 9.45. The smallest absolute Gasteiger partial charge is 0.395 e. The Balaban J connectivity index is 0.000000384. The second kappa shape index (κ2) is 13.6. The van der Waals surface area contributed by atoms with Crippen LogP contribution in [0, 0.1) is 0 Å². The van der Waals surface area contributed by atoms with Gasteiger partial charge in [0.05, 0.1) is 18.9 Å². The van der Waals surface area contributed by atoms with Gasteiger partial charge in [0.2, 0.25) is 0 Å². The molecule has 0 aromatic rings. The fourth-order valence-electron chi connectivity index (χ4n) is 1.68. The SMILES string of the molecule is CCO[SiH](OCC)OCC.OCCNC1(NCCO)CC1. The summed E-state index contributed by atoms with van der Waals surface area (Å²) in [4.78, 5) is 0. The van der Waals surface area contributed by atoms with Gasteiger partial charge in [0, 0.05) is 32.9 Å². The Morgan fingerprint density at radius 1 is 0.857 bits per heavy atom. The van der Waals surface area contributed by atoms with Gasteiger partial charge in [0.25, 0.3) is 0 Å². The van der Waals surface area contributed by atoms with E-state index in [1.54, 1.807) is 0 Å². The van der Waals surface area contributed by atoms with Crippen molar-refractivity contribution >= 4 is 9.53 Å². The van der Waals surface area contributed by atoms with E-state index in [0.29, 0.717) is 32.9 Å². The molecule has 0 radical (unpaired) electrons. The minimum Gasteiger partial charge on any atom is -0.395 e. The molecule has 0 amide bonds. The van der Waals surface area contributed by atoms with E-state index in [0.717, 1.165) is 12.8 Å². The summed E-state index contributed by atoms with van der Waals surface area (Å²) in [5, 5.41) is 23.5. The van der Waals surface area contributed by atoms with Crippen molar-refractivity contribution < 1.29 is 23.5 Å². The molecule has 128 valence electrons. The van der Waals surface area contributed by atoms with Crippen LogP contribution in [-0.4, -0.2) is 71.5 Å². The van der Waals surface area contributed by atoms with E-state index >= 15 is 0 Å². The molecule has 1 rings (SSSR count). The molecule has 0 aromatic carbocycles. The molecule has 1 saturated carbocycles. The number of nitrogens with one attached hydrogen (secondary N) is 2. The maximum Gasteiger partial charge on any atom is 0.484 e. The second-order valence-electron chi connectivity index (χ2n) is 4.54. The molecule has 0 aliphatic heterocycles. The fraction of sp³-hybridized carbons (Fsp3) is 1.00. The third kappa shape index (κ3) is 11.2. The molecule has 1 aliphatic rings. The number of rotatable bonds is 12. The van der Waals surface area contributed by atoms with Crippen LogP contribution in [0.25, 0.3) is 0 Å². The minimum atomic E-state index is -1.73. The van der Waals surface area contributed by atoms with Gasteiger partial charge in [-0.3, -0.25) is 10.6 Å². The van der Waals surface area contributed by atoms with Crippen molar-refractivity contribution in [2.45, 2.75) is 39.3 Å². The lowest BCUT2D eigenvalue weighted by atomic mass is 10.4. The van der Waals surface area contributed by atoms with E-state index in [-0.39, 0.29) is 18.9 Å². The normalized spacial score (nSPS) is 15.7. The van der Waals surface area contributed by atoms with Crippen molar-refractivity contribution in [2.75, 3.05) is 46.1 Å². The van der Waals surface area contributed by atoms with Gasteiger partial charge in [0.1, 0.15) is 0 Å². The van der Waals surface area contributed by atoms with E-state index in [4.69, 9.17) is 23.5 Å². The minimum absolute atomic E-state index is 0.0332. The van der Waals surface area contributed by atoms with E-state index in [2.05, 4.69) is 10.6 Å². The Hall–Kier alpha value is -0.0631. The average Bonchev–Trinajstić information content (AvgIpc) is 3.25. The van der Waals surface area contributed by atoms with Crippen molar-refractivity contribution in [2.24, 2.45) is 0 Å². The molecule has 0 unspecified atom stereocenters. The highest BCUT2D eigenvalue weighted by Crippen LogP contribution is 2.31. The van der Waals surface area contributed by atoms with Crippen LogP contribution in [0.4, 0.5) is 0 Å². The summed E-state index contributed by atoms with van der Waals surface area (Å²) in [6.07, 6.45) is 2.18. The Bertz CT molecular complexity index is 208.